The van der Waals surface area contributed by atoms with E-state index in [9.17, 15) is 0 Å². The van der Waals surface area contributed by atoms with Crippen LogP contribution in [0.15, 0.2) is 34.3 Å². The first-order valence-corrected chi connectivity index (χ1v) is 10.1. The summed E-state index contributed by atoms with van der Waals surface area (Å²) in [7, 11) is 0. The molecule has 136 valence electrons. The van der Waals surface area contributed by atoms with Gasteiger partial charge in [0, 0.05) is 4.88 Å². The van der Waals surface area contributed by atoms with Crippen molar-refractivity contribution in [3.05, 3.63) is 44.8 Å². The highest BCUT2D eigenvalue weighted by atomic mass is 32.1. The Morgan fingerprint density at radius 3 is 1.43 bits per heavy atom. The van der Waals surface area contributed by atoms with Crippen molar-refractivity contribution in [1.82, 2.24) is 0 Å². The Hall–Kier alpha value is -0.600. The quantitative estimate of drug-likeness (QED) is 0.442. The van der Waals surface area contributed by atoms with Gasteiger partial charge in [0.15, 0.2) is 0 Å². The van der Waals surface area contributed by atoms with Gasteiger partial charge in [-0.15, -0.1) is 11.3 Å². The molecule has 0 atom stereocenters. The Morgan fingerprint density at radius 2 is 1.26 bits per heavy atom. The summed E-state index contributed by atoms with van der Waals surface area (Å²) in [5, 5.41) is 6.46. The van der Waals surface area contributed by atoms with E-state index >= 15 is 0 Å². The van der Waals surface area contributed by atoms with Gasteiger partial charge >= 0.3 is 0 Å². The predicted molar refractivity (Wildman–Crippen MR) is 115 cm³/mol. The number of rotatable bonds is 0. The maximum Gasteiger partial charge on any atom is 0.00987 e. The van der Waals surface area contributed by atoms with Crippen molar-refractivity contribution in [1.29, 1.82) is 0 Å². The second kappa shape index (κ2) is 13.8. The van der Waals surface area contributed by atoms with Crippen LogP contribution in [0.25, 0.3) is 0 Å². The first-order valence-electron chi connectivity index (χ1n) is 8.28. The van der Waals surface area contributed by atoms with Crippen LogP contribution in [0.3, 0.4) is 0 Å². The molecule has 0 saturated heterocycles. The molecule has 0 aromatic carbocycles. The molecule has 0 saturated carbocycles. The van der Waals surface area contributed by atoms with E-state index in [1.165, 1.54) is 10.4 Å². The van der Waals surface area contributed by atoms with Crippen molar-refractivity contribution in [3.63, 3.8) is 0 Å². The van der Waals surface area contributed by atoms with E-state index in [4.69, 9.17) is 0 Å². The lowest BCUT2D eigenvalue weighted by Crippen LogP contribution is -2.08. The standard InChI is InChI=1S/2C8H12S.2C2H6.CH4/c1-8(2,3)7-4-5-9-6-7;1-8(2,3)7-5-4-6-9-7;2*1-2;/h2*4-6H,1-3H3;2*1-2H3;1H4. The minimum atomic E-state index is 0. The molecular weight excluding hydrogens is 316 g/mol. The molecule has 0 amide bonds. The summed E-state index contributed by atoms with van der Waals surface area (Å²) in [6.07, 6.45) is 0. The van der Waals surface area contributed by atoms with Gasteiger partial charge < -0.3 is 0 Å². The largest absolute Gasteiger partial charge is 0.152 e. The van der Waals surface area contributed by atoms with E-state index < -0.39 is 0 Å². The van der Waals surface area contributed by atoms with Crippen molar-refractivity contribution >= 4 is 22.7 Å². The van der Waals surface area contributed by atoms with Crippen molar-refractivity contribution in [3.8, 4) is 0 Å². The molecule has 0 aliphatic heterocycles. The molecule has 2 rings (SSSR count). The molecule has 2 aromatic rings. The van der Waals surface area contributed by atoms with Crippen LogP contribution < -0.4 is 0 Å². The van der Waals surface area contributed by atoms with Crippen LogP contribution in [-0.2, 0) is 10.8 Å². The van der Waals surface area contributed by atoms with Gasteiger partial charge in [0.2, 0.25) is 0 Å². The summed E-state index contributed by atoms with van der Waals surface area (Å²) >= 11 is 3.60. The fourth-order valence-electron chi connectivity index (χ4n) is 1.40. The zero-order valence-electron chi connectivity index (χ0n) is 16.3. The second-order valence-electron chi connectivity index (χ2n) is 6.49. The maximum absolute atomic E-state index is 2.23. The van der Waals surface area contributed by atoms with E-state index in [2.05, 4.69) is 75.9 Å². The van der Waals surface area contributed by atoms with Gasteiger partial charge in [-0.2, -0.15) is 11.3 Å². The number of hydrogen-bond acceptors (Lipinski definition) is 2. The number of thiophene rings is 2. The van der Waals surface area contributed by atoms with Crippen molar-refractivity contribution in [2.45, 2.75) is 87.5 Å². The molecule has 0 unspecified atom stereocenters. The third-order valence-corrected chi connectivity index (χ3v) is 4.63. The molecule has 0 aliphatic rings. The van der Waals surface area contributed by atoms with Gasteiger partial charge in [0.1, 0.15) is 0 Å². The average molecular weight is 357 g/mol. The predicted octanol–water partition coefficient (Wildman–Crippen LogP) is 8.78. The summed E-state index contributed by atoms with van der Waals surface area (Å²) in [5.74, 6) is 0. The zero-order valence-corrected chi connectivity index (χ0v) is 17.9. The van der Waals surface area contributed by atoms with E-state index in [0.29, 0.717) is 10.8 Å². The molecule has 2 heteroatoms. The Balaban J connectivity index is -0.000000276. The molecule has 0 radical (unpaired) electrons. The minimum Gasteiger partial charge on any atom is -0.152 e. The molecule has 0 bridgehead atoms. The summed E-state index contributed by atoms with van der Waals surface area (Å²) in [4.78, 5) is 1.46. The third kappa shape index (κ3) is 12.5. The minimum absolute atomic E-state index is 0. The fourth-order valence-corrected chi connectivity index (χ4v) is 3.09. The molecule has 2 heterocycles. The fraction of sp³-hybridized carbons (Fsp3) is 0.619. The molecule has 0 aliphatic carbocycles. The van der Waals surface area contributed by atoms with Crippen molar-refractivity contribution in [2.75, 3.05) is 0 Å². The van der Waals surface area contributed by atoms with Gasteiger partial charge in [0.05, 0.1) is 0 Å². The van der Waals surface area contributed by atoms with Crippen molar-refractivity contribution in [2.24, 2.45) is 0 Å². The van der Waals surface area contributed by atoms with Crippen LogP contribution in [0.4, 0.5) is 0 Å². The Labute approximate surface area is 155 Å². The second-order valence-corrected chi connectivity index (χ2v) is 8.22. The Kier molecular flexibility index (Phi) is 16.4. The van der Waals surface area contributed by atoms with Crippen LogP contribution in [0, 0.1) is 0 Å². The Morgan fingerprint density at radius 1 is 0.739 bits per heavy atom. The van der Waals surface area contributed by atoms with Crippen LogP contribution >= 0.6 is 22.7 Å². The lowest BCUT2D eigenvalue weighted by molar-refractivity contribution is 0.593. The molecule has 0 nitrogen and oxygen atoms in total. The SMILES string of the molecule is C.CC.CC.CC(C)(C)c1cccs1.CC(C)(C)c1ccsc1. The topological polar surface area (TPSA) is 0 Å². The maximum atomic E-state index is 2.23. The van der Waals surface area contributed by atoms with Gasteiger partial charge in [-0.25, -0.2) is 0 Å². The van der Waals surface area contributed by atoms with Crippen LogP contribution in [0.2, 0.25) is 0 Å². The van der Waals surface area contributed by atoms with Crippen LogP contribution in [0.1, 0.15) is 87.1 Å². The lowest BCUT2D eigenvalue weighted by atomic mass is 9.90. The molecule has 0 fully saturated rings. The van der Waals surface area contributed by atoms with Crippen LogP contribution in [-0.4, -0.2) is 0 Å². The van der Waals surface area contributed by atoms with E-state index in [-0.39, 0.29) is 7.43 Å². The highest BCUT2D eigenvalue weighted by Crippen LogP contribution is 2.26. The van der Waals surface area contributed by atoms with E-state index in [1.807, 2.05) is 39.0 Å². The molecular formula is C21H40S2. The highest BCUT2D eigenvalue weighted by molar-refractivity contribution is 7.10. The number of hydrogen-bond donors (Lipinski definition) is 0. The van der Waals surface area contributed by atoms with Gasteiger partial charge in [-0.1, -0.05) is 82.7 Å². The Bertz CT molecular complexity index is 379. The van der Waals surface area contributed by atoms with Crippen LogP contribution in [0.5, 0.6) is 0 Å². The molecule has 2 aromatic heterocycles. The first kappa shape index (κ1) is 27.3. The van der Waals surface area contributed by atoms with Gasteiger partial charge in [0.25, 0.3) is 0 Å². The molecule has 23 heavy (non-hydrogen) atoms. The molecule has 0 spiro atoms. The monoisotopic (exact) mass is 356 g/mol. The van der Waals surface area contributed by atoms with Crippen molar-refractivity contribution < 1.29 is 0 Å². The van der Waals surface area contributed by atoms with E-state index in [1.54, 1.807) is 11.3 Å². The van der Waals surface area contributed by atoms with E-state index in [0.717, 1.165) is 0 Å². The summed E-state index contributed by atoms with van der Waals surface area (Å²) in [5.41, 5.74) is 2.11. The summed E-state index contributed by atoms with van der Waals surface area (Å²) < 4.78 is 0. The first-order chi connectivity index (χ1) is 10.2. The zero-order chi connectivity index (χ0) is 17.8. The average Bonchev–Trinajstić information content (AvgIpc) is 3.16. The smallest absolute Gasteiger partial charge is 0.00987 e. The third-order valence-electron chi connectivity index (χ3n) is 2.65. The summed E-state index contributed by atoms with van der Waals surface area (Å²) in [6, 6.07) is 6.47. The molecule has 0 N–H and O–H groups in total. The normalized spacial score (nSPS) is 9.83. The van der Waals surface area contributed by atoms with Gasteiger partial charge in [-0.05, 0) is 44.7 Å². The lowest BCUT2D eigenvalue weighted by Gasteiger charge is -2.15. The summed E-state index contributed by atoms with van der Waals surface area (Å²) in [6.45, 7) is 21.4. The van der Waals surface area contributed by atoms with Gasteiger partial charge in [-0.3, -0.25) is 0 Å². The highest BCUT2D eigenvalue weighted by Gasteiger charge is 2.13.